The normalized spacial score (nSPS) is 10.7. The molecule has 0 unspecified atom stereocenters. The Hall–Kier alpha value is -0.226. The molecule has 0 aliphatic carbocycles. The van der Waals surface area contributed by atoms with E-state index in [0.717, 1.165) is 13.1 Å². The topological polar surface area (TPSA) is 17.6 Å². The van der Waals surface area contributed by atoms with Crippen LogP contribution in [0.15, 0.2) is 24.8 Å². The number of imidazole rings is 2. The maximum absolute atomic E-state index is 3.22. The first-order chi connectivity index (χ1) is 12.5. The smallest absolute Gasteiger partial charge is 0.354 e. The molecule has 0 fully saturated rings. The van der Waals surface area contributed by atoms with Crippen molar-refractivity contribution in [3.05, 3.63) is 37.4 Å². The summed E-state index contributed by atoms with van der Waals surface area (Å²) in [5.41, 5.74) is 0. The van der Waals surface area contributed by atoms with Crippen molar-refractivity contribution in [3.63, 3.8) is 0 Å². The van der Waals surface area contributed by atoms with E-state index in [4.69, 9.17) is 0 Å². The van der Waals surface area contributed by atoms with E-state index in [1.54, 1.807) is 0 Å². The third-order valence-electron chi connectivity index (χ3n) is 4.62. The fourth-order valence-corrected chi connectivity index (χ4v) is 5.88. The van der Waals surface area contributed by atoms with Gasteiger partial charge >= 0.3 is 16.5 Å². The van der Waals surface area contributed by atoms with Crippen molar-refractivity contribution in [1.82, 2.24) is 9.13 Å². The summed E-state index contributed by atoms with van der Waals surface area (Å²) in [6.07, 6.45) is 22.8. The summed E-state index contributed by atoms with van der Waals surface area (Å²) in [7, 11) is 4.58. The molecule has 0 amide bonds. The molecule has 0 aliphatic rings. The first-order valence-electron chi connectivity index (χ1n) is 9.85. The largest absolute Gasteiger partial charge is 2.00 e. The zero-order chi connectivity index (χ0) is 19.4. The molecule has 0 N–H and O–H groups in total. The Morgan fingerprint density at radius 2 is 1.04 bits per heavy atom. The van der Waals surface area contributed by atoms with Gasteiger partial charge in [-0.15, -0.1) is 15.8 Å². The molecular formula is C20H38N4NiP2+2. The summed E-state index contributed by atoms with van der Waals surface area (Å²) in [6, 6.07) is 0. The second-order valence-electron chi connectivity index (χ2n) is 6.46. The van der Waals surface area contributed by atoms with E-state index < -0.39 is 0 Å². The Labute approximate surface area is 179 Å². The van der Waals surface area contributed by atoms with Crippen LogP contribution in [0.1, 0.15) is 27.7 Å². The molecule has 0 bridgehead atoms. The molecule has 0 spiro atoms. The summed E-state index contributed by atoms with van der Waals surface area (Å²) >= 11 is 0. The number of rotatable bonds is 10. The molecule has 2 aromatic heterocycles. The van der Waals surface area contributed by atoms with E-state index in [2.05, 4.69) is 61.9 Å². The summed E-state index contributed by atoms with van der Waals surface area (Å²) in [5.74, 6) is 0. The van der Waals surface area contributed by atoms with Crippen LogP contribution in [0.5, 0.6) is 0 Å². The molecule has 27 heavy (non-hydrogen) atoms. The minimum Gasteiger partial charge on any atom is -0.354 e. The maximum atomic E-state index is 3.22. The first kappa shape index (κ1) is 26.8. The molecule has 2 rings (SSSR count). The van der Waals surface area contributed by atoms with Crippen LogP contribution in [0.4, 0.5) is 0 Å². The zero-order valence-corrected chi connectivity index (χ0v) is 20.7. The van der Waals surface area contributed by atoms with Crippen LogP contribution in [-0.4, -0.2) is 46.1 Å². The number of nitrogens with zero attached hydrogens (tertiary/aromatic N) is 4. The standard InChI is InChI=1S/2C10H19N2P.Ni/c2*1-4-13(5-2)9-8-12-7-6-11(3)10-12;/h2*6-7H,4-5,8-9H2,1-3H3;/q;;+2. The van der Waals surface area contributed by atoms with Crippen LogP contribution in [-0.2, 0) is 43.7 Å². The fraction of sp³-hybridized carbons (Fsp3) is 0.700. The quantitative estimate of drug-likeness (QED) is 0.227. The van der Waals surface area contributed by atoms with Gasteiger partial charge in [0.25, 0.3) is 0 Å². The summed E-state index contributed by atoms with van der Waals surface area (Å²) in [5, 5.41) is 0. The second kappa shape index (κ2) is 15.7. The number of aryl methyl sites for hydroxylation is 4. The molecule has 0 atom stereocenters. The van der Waals surface area contributed by atoms with E-state index in [9.17, 15) is 0 Å². The molecule has 0 aromatic carbocycles. The van der Waals surface area contributed by atoms with Gasteiger partial charge in [-0.1, -0.05) is 27.7 Å². The van der Waals surface area contributed by atoms with Crippen molar-refractivity contribution in [1.29, 1.82) is 0 Å². The molecule has 0 aliphatic heterocycles. The number of hydrogen-bond donors (Lipinski definition) is 0. The zero-order valence-electron chi connectivity index (χ0n) is 18.0. The van der Waals surface area contributed by atoms with E-state index in [0.29, 0.717) is 0 Å². The summed E-state index contributed by atoms with van der Waals surface area (Å²) < 4.78 is 8.25. The Kier molecular flexibility index (Phi) is 15.5. The number of aromatic nitrogens is 4. The van der Waals surface area contributed by atoms with Crippen LogP contribution in [0.25, 0.3) is 0 Å². The number of hydrogen-bond acceptors (Lipinski definition) is 0. The van der Waals surface area contributed by atoms with Gasteiger partial charge in [-0.05, 0) is 49.4 Å². The minimum absolute atomic E-state index is 0. The van der Waals surface area contributed by atoms with Gasteiger partial charge in [-0.3, -0.25) is 0 Å². The third kappa shape index (κ3) is 11.4. The van der Waals surface area contributed by atoms with Crippen LogP contribution in [0, 0.1) is 12.7 Å². The molecule has 2 heterocycles. The van der Waals surface area contributed by atoms with Gasteiger partial charge in [0.05, 0.1) is 27.2 Å². The molecule has 0 radical (unpaired) electrons. The predicted octanol–water partition coefficient (Wildman–Crippen LogP) is 3.27. The van der Waals surface area contributed by atoms with Crippen molar-refractivity contribution in [2.24, 2.45) is 14.1 Å². The average molecular weight is 455 g/mol. The van der Waals surface area contributed by atoms with Gasteiger partial charge in [-0.25, -0.2) is 0 Å². The summed E-state index contributed by atoms with van der Waals surface area (Å²) in [4.78, 5) is 0. The Bertz CT molecular complexity index is 540. The van der Waals surface area contributed by atoms with E-state index >= 15 is 0 Å². The molecule has 156 valence electrons. The van der Waals surface area contributed by atoms with E-state index in [1.807, 2.05) is 35.6 Å². The monoisotopic (exact) mass is 454 g/mol. The molecule has 7 heteroatoms. The average Bonchev–Trinajstić information content (AvgIpc) is 3.25. The van der Waals surface area contributed by atoms with Crippen LogP contribution in [0.2, 0.25) is 0 Å². The second-order valence-corrected chi connectivity index (χ2v) is 12.6. The summed E-state index contributed by atoms with van der Waals surface area (Å²) in [6.45, 7) is 11.5. The Morgan fingerprint density at radius 1 is 0.704 bits per heavy atom. The van der Waals surface area contributed by atoms with Crippen molar-refractivity contribution in [2.75, 3.05) is 37.0 Å². The van der Waals surface area contributed by atoms with Gasteiger partial charge in [0, 0.05) is 12.3 Å². The van der Waals surface area contributed by atoms with E-state index in [1.165, 1.54) is 37.0 Å². The third-order valence-corrected chi connectivity index (χ3v) is 9.86. The van der Waals surface area contributed by atoms with Crippen molar-refractivity contribution in [2.45, 2.75) is 40.8 Å². The SMILES string of the molecule is CCP(CC)CC[n+]1[c-]n(C)cc1.CCP(CC)CC[n+]1[c-]n(C)cc1.[Ni+2]. The van der Waals surface area contributed by atoms with Gasteiger partial charge in [0.2, 0.25) is 12.7 Å². The van der Waals surface area contributed by atoms with Crippen LogP contribution >= 0.6 is 15.8 Å². The van der Waals surface area contributed by atoms with Crippen molar-refractivity contribution >= 4 is 15.8 Å². The van der Waals surface area contributed by atoms with Crippen molar-refractivity contribution in [3.8, 4) is 0 Å². The molecule has 0 saturated heterocycles. The Balaban J connectivity index is 0.000000483. The van der Waals surface area contributed by atoms with Crippen LogP contribution < -0.4 is 9.13 Å². The molecular weight excluding hydrogens is 417 g/mol. The van der Waals surface area contributed by atoms with Gasteiger partial charge in [0.15, 0.2) is 0 Å². The van der Waals surface area contributed by atoms with Crippen LogP contribution in [0.3, 0.4) is 0 Å². The molecule has 2 aromatic rings. The molecule has 0 saturated carbocycles. The molecule has 4 nitrogen and oxygen atoms in total. The van der Waals surface area contributed by atoms with E-state index in [-0.39, 0.29) is 32.3 Å². The fourth-order valence-electron chi connectivity index (χ4n) is 2.73. The maximum Gasteiger partial charge on any atom is 2.00 e. The van der Waals surface area contributed by atoms with Gasteiger partial charge in [0.1, 0.15) is 0 Å². The van der Waals surface area contributed by atoms with Crippen molar-refractivity contribution < 1.29 is 25.6 Å². The predicted molar refractivity (Wildman–Crippen MR) is 115 cm³/mol. The first-order valence-corrected chi connectivity index (χ1v) is 13.6. The van der Waals surface area contributed by atoms with Gasteiger partial charge in [-0.2, -0.15) is 0 Å². The van der Waals surface area contributed by atoms with Gasteiger partial charge < -0.3 is 18.3 Å². The Morgan fingerprint density at radius 3 is 1.26 bits per heavy atom. The minimum atomic E-state index is 0.